The van der Waals surface area contributed by atoms with Gasteiger partial charge in [-0.25, -0.2) is 4.98 Å². The van der Waals surface area contributed by atoms with E-state index in [0.29, 0.717) is 5.89 Å². The highest BCUT2D eigenvalue weighted by atomic mass is 16.4. The van der Waals surface area contributed by atoms with E-state index in [9.17, 15) is 0 Å². The fraction of sp³-hybridized carbons (Fsp3) is 0. The van der Waals surface area contributed by atoms with Gasteiger partial charge in [-0.3, -0.25) is 0 Å². The Morgan fingerprint density at radius 2 is 1.00 bits per heavy atom. The number of benzene rings is 8. The highest BCUT2D eigenvalue weighted by molar-refractivity contribution is 6.10. The second-order valence-corrected chi connectivity index (χ2v) is 12.8. The van der Waals surface area contributed by atoms with Gasteiger partial charge in [0.2, 0.25) is 5.89 Å². The van der Waals surface area contributed by atoms with Gasteiger partial charge in [-0.1, -0.05) is 109 Å². The molecule has 10 rings (SSSR count). The minimum Gasteiger partial charge on any atom is -0.456 e. The third kappa shape index (κ3) is 5.13. The molecule has 0 radical (unpaired) electrons. The highest BCUT2D eigenvalue weighted by Gasteiger charge is 2.16. The molecule has 51 heavy (non-hydrogen) atoms. The first-order valence-electron chi connectivity index (χ1n) is 17.1. The van der Waals surface area contributed by atoms with Crippen molar-refractivity contribution in [3.05, 3.63) is 182 Å². The van der Waals surface area contributed by atoms with Crippen LogP contribution in [-0.2, 0) is 0 Å². The van der Waals surface area contributed by atoms with Gasteiger partial charge in [0, 0.05) is 39.5 Å². The molecule has 0 unspecified atom stereocenters. The number of hydrogen-bond acceptors (Lipinski definition) is 4. The molecule has 2 aromatic heterocycles. The first-order valence-corrected chi connectivity index (χ1v) is 17.1. The molecule has 0 fully saturated rings. The summed E-state index contributed by atoms with van der Waals surface area (Å²) in [6.07, 6.45) is 0. The van der Waals surface area contributed by atoms with Crippen molar-refractivity contribution in [3.63, 3.8) is 0 Å². The summed E-state index contributed by atoms with van der Waals surface area (Å²) in [4.78, 5) is 7.03. The average molecular weight is 655 g/mol. The summed E-state index contributed by atoms with van der Waals surface area (Å²) >= 11 is 0. The van der Waals surface area contributed by atoms with E-state index in [1.807, 2.05) is 42.5 Å². The van der Waals surface area contributed by atoms with Crippen LogP contribution in [0.1, 0.15) is 0 Å². The summed E-state index contributed by atoms with van der Waals surface area (Å²) in [5.74, 6) is 0.605. The van der Waals surface area contributed by atoms with Gasteiger partial charge in [0.1, 0.15) is 16.7 Å². The molecule has 0 saturated heterocycles. The van der Waals surface area contributed by atoms with E-state index in [4.69, 9.17) is 13.8 Å². The van der Waals surface area contributed by atoms with Crippen molar-refractivity contribution < 1.29 is 8.83 Å². The van der Waals surface area contributed by atoms with E-state index >= 15 is 0 Å². The molecular weight excluding hydrogens is 625 g/mol. The van der Waals surface area contributed by atoms with Crippen LogP contribution in [0.15, 0.2) is 191 Å². The van der Waals surface area contributed by atoms with Crippen LogP contribution in [0.2, 0.25) is 0 Å². The lowest BCUT2D eigenvalue weighted by molar-refractivity contribution is 0.620. The van der Waals surface area contributed by atoms with Crippen molar-refractivity contribution in [2.24, 2.45) is 0 Å². The SMILES string of the molecule is c1ccc(-c2nc3cc4oc5ccc(-c6ccc(N(c7ccccc7)c7ccc(-c8cccc9ccccc89)cc7)cc6)cc5c4cc3o2)cc1. The molecule has 8 aromatic carbocycles. The molecule has 0 aliphatic rings. The molecule has 0 amide bonds. The molecular formula is C47H30N2O2. The second-order valence-electron chi connectivity index (χ2n) is 12.8. The number of fused-ring (bicyclic) bond motifs is 5. The molecule has 0 atom stereocenters. The average Bonchev–Trinajstić information content (AvgIpc) is 3.78. The number of hydrogen-bond donors (Lipinski definition) is 0. The quantitative estimate of drug-likeness (QED) is 0.179. The number of para-hydroxylation sites is 1. The molecule has 0 saturated carbocycles. The zero-order valence-corrected chi connectivity index (χ0v) is 27.5. The zero-order chi connectivity index (χ0) is 33.7. The van der Waals surface area contributed by atoms with E-state index in [-0.39, 0.29) is 0 Å². The Labute approximate surface area is 294 Å². The van der Waals surface area contributed by atoms with Gasteiger partial charge in [-0.2, -0.15) is 0 Å². The molecule has 10 aromatic rings. The minimum atomic E-state index is 0.605. The standard InChI is InChI=1S/C47H30N2O2/c1-3-11-34(12-4-1)47-48-43-30-45-42(29-46(43)51-47)41-28-35(22-27-44(41)50-45)31-18-23-37(24-19-31)49(36-14-5-2-6-15-36)38-25-20-33(21-26-38)40-17-9-13-32-10-7-8-16-39(32)40/h1-30H. The maximum Gasteiger partial charge on any atom is 0.227 e. The lowest BCUT2D eigenvalue weighted by atomic mass is 9.98. The topological polar surface area (TPSA) is 42.4 Å². The van der Waals surface area contributed by atoms with Crippen LogP contribution >= 0.6 is 0 Å². The van der Waals surface area contributed by atoms with Crippen LogP contribution in [0.5, 0.6) is 0 Å². The van der Waals surface area contributed by atoms with E-state index < -0.39 is 0 Å². The van der Waals surface area contributed by atoms with E-state index in [0.717, 1.165) is 66.8 Å². The number of rotatable bonds is 6. The minimum absolute atomic E-state index is 0.605. The van der Waals surface area contributed by atoms with Gasteiger partial charge >= 0.3 is 0 Å². The number of anilines is 3. The third-order valence-electron chi connectivity index (χ3n) is 9.70. The molecule has 240 valence electrons. The Bertz CT molecular complexity index is 2830. The molecule has 4 heteroatoms. The predicted molar refractivity (Wildman–Crippen MR) is 210 cm³/mol. The Morgan fingerprint density at radius 1 is 0.373 bits per heavy atom. The highest BCUT2D eigenvalue weighted by Crippen LogP contribution is 2.39. The Kier molecular flexibility index (Phi) is 6.78. The van der Waals surface area contributed by atoms with E-state index in [1.54, 1.807) is 0 Å². The van der Waals surface area contributed by atoms with Crippen LogP contribution in [-0.4, -0.2) is 4.98 Å². The van der Waals surface area contributed by atoms with Gasteiger partial charge in [0.15, 0.2) is 5.58 Å². The Balaban J connectivity index is 0.996. The maximum absolute atomic E-state index is 6.28. The van der Waals surface area contributed by atoms with Crippen LogP contribution in [0.4, 0.5) is 17.1 Å². The van der Waals surface area contributed by atoms with Gasteiger partial charge in [-0.05, 0) is 99.8 Å². The zero-order valence-electron chi connectivity index (χ0n) is 27.5. The monoisotopic (exact) mass is 654 g/mol. The first-order chi connectivity index (χ1) is 25.2. The second kappa shape index (κ2) is 11.9. The number of nitrogens with zero attached hydrogens (tertiary/aromatic N) is 2. The van der Waals surface area contributed by atoms with Crippen LogP contribution in [0, 0.1) is 0 Å². The summed E-state index contributed by atoms with van der Waals surface area (Å²) in [7, 11) is 0. The van der Waals surface area contributed by atoms with Crippen molar-refractivity contribution in [1.82, 2.24) is 4.98 Å². The number of aromatic nitrogens is 1. The summed E-state index contributed by atoms with van der Waals surface area (Å²) in [6, 6.07) is 63.6. The summed E-state index contributed by atoms with van der Waals surface area (Å²) in [5, 5.41) is 4.56. The molecule has 2 heterocycles. The Morgan fingerprint density at radius 3 is 1.78 bits per heavy atom. The van der Waals surface area contributed by atoms with Crippen molar-refractivity contribution in [2.75, 3.05) is 4.90 Å². The fourth-order valence-corrected chi connectivity index (χ4v) is 7.18. The van der Waals surface area contributed by atoms with Gasteiger partial charge in [-0.15, -0.1) is 0 Å². The van der Waals surface area contributed by atoms with Crippen LogP contribution < -0.4 is 4.90 Å². The lowest BCUT2D eigenvalue weighted by Gasteiger charge is -2.26. The first kappa shape index (κ1) is 29.0. The summed E-state index contributed by atoms with van der Waals surface area (Å²) in [6.45, 7) is 0. The lowest BCUT2D eigenvalue weighted by Crippen LogP contribution is -2.09. The predicted octanol–water partition coefficient (Wildman–Crippen LogP) is 13.4. The normalized spacial score (nSPS) is 11.5. The molecule has 0 aliphatic heterocycles. The smallest absolute Gasteiger partial charge is 0.227 e. The largest absolute Gasteiger partial charge is 0.456 e. The van der Waals surface area contributed by atoms with Gasteiger partial charge in [0.25, 0.3) is 0 Å². The van der Waals surface area contributed by atoms with Gasteiger partial charge < -0.3 is 13.7 Å². The van der Waals surface area contributed by atoms with Gasteiger partial charge in [0.05, 0.1) is 0 Å². The van der Waals surface area contributed by atoms with Crippen LogP contribution in [0.25, 0.3) is 77.5 Å². The van der Waals surface area contributed by atoms with Crippen LogP contribution in [0.3, 0.4) is 0 Å². The number of furan rings is 1. The molecule has 0 aliphatic carbocycles. The summed E-state index contributed by atoms with van der Waals surface area (Å²) in [5.41, 5.74) is 12.1. The van der Waals surface area contributed by atoms with Crippen molar-refractivity contribution in [1.29, 1.82) is 0 Å². The maximum atomic E-state index is 6.28. The third-order valence-corrected chi connectivity index (χ3v) is 9.70. The van der Waals surface area contributed by atoms with E-state index in [1.165, 1.54) is 21.9 Å². The summed E-state index contributed by atoms with van der Waals surface area (Å²) < 4.78 is 12.5. The number of oxazole rings is 1. The molecule has 0 bridgehead atoms. The van der Waals surface area contributed by atoms with Crippen molar-refractivity contribution in [2.45, 2.75) is 0 Å². The van der Waals surface area contributed by atoms with Crippen molar-refractivity contribution >= 4 is 60.9 Å². The Hall–Kier alpha value is -6.91. The fourth-order valence-electron chi connectivity index (χ4n) is 7.18. The molecule has 4 nitrogen and oxygen atoms in total. The molecule has 0 N–H and O–H groups in total. The molecule has 0 spiro atoms. The van der Waals surface area contributed by atoms with E-state index in [2.05, 4.69) is 144 Å². The van der Waals surface area contributed by atoms with Crippen molar-refractivity contribution in [3.8, 4) is 33.7 Å².